The molecular formula is C17H18N2O2S. The lowest BCUT2D eigenvalue weighted by Crippen LogP contribution is -2.06. The highest BCUT2D eigenvalue weighted by Gasteiger charge is 2.13. The van der Waals surface area contributed by atoms with E-state index in [1.165, 1.54) is 11.1 Å². The summed E-state index contributed by atoms with van der Waals surface area (Å²) in [5, 5.41) is 4.17. The summed E-state index contributed by atoms with van der Waals surface area (Å²) in [4.78, 5) is 4.67. The molecule has 1 heterocycles. The monoisotopic (exact) mass is 314 g/mol. The van der Waals surface area contributed by atoms with Crippen LogP contribution in [0.25, 0.3) is 21.3 Å². The van der Waals surface area contributed by atoms with Crippen molar-refractivity contribution in [2.45, 2.75) is 0 Å². The molecule has 1 aromatic heterocycles. The van der Waals surface area contributed by atoms with Crippen LogP contribution in [0.4, 0.5) is 5.13 Å². The predicted molar refractivity (Wildman–Crippen MR) is 92.0 cm³/mol. The van der Waals surface area contributed by atoms with Crippen molar-refractivity contribution in [2.24, 2.45) is 0 Å². The SMILES string of the molecule is COCCNc1nc2c(OC)ccc(-c3ccccc3)c2s1. The predicted octanol–water partition coefficient (Wildman–Crippen LogP) is 4.03. The Morgan fingerprint density at radius 1 is 1.09 bits per heavy atom. The zero-order valence-corrected chi connectivity index (χ0v) is 13.4. The fraction of sp³-hybridized carbons (Fsp3) is 0.235. The number of methoxy groups -OCH3 is 2. The van der Waals surface area contributed by atoms with E-state index in [2.05, 4.69) is 28.5 Å². The molecule has 3 aromatic rings. The lowest BCUT2D eigenvalue weighted by molar-refractivity contribution is 0.211. The molecule has 0 fully saturated rings. The third-order valence-electron chi connectivity index (χ3n) is 3.39. The number of fused-ring (bicyclic) bond motifs is 1. The van der Waals surface area contributed by atoms with Crippen LogP contribution >= 0.6 is 11.3 Å². The molecule has 2 aromatic carbocycles. The molecular weight excluding hydrogens is 296 g/mol. The van der Waals surface area contributed by atoms with Crippen LogP contribution in [0.2, 0.25) is 0 Å². The van der Waals surface area contributed by atoms with Gasteiger partial charge >= 0.3 is 0 Å². The molecule has 4 nitrogen and oxygen atoms in total. The van der Waals surface area contributed by atoms with E-state index in [0.29, 0.717) is 6.61 Å². The standard InChI is InChI=1S/C17H18N2O2S/c1-20-11-10-18-17-19-15-14(21-2)9-8-13(16(15)22-17)12-6-4-3-5-7-12/h3-9H,10-11H2,1-2H3,(H,18,19). The number of aromatic nitrogens is 1. The summed E-state index contributed by atoms with van der Waals surface area (Å²) >= 11 is 1.64. The van der Waals surface area contributed by atoms with Crippen LogP contribution in [-0.4, -0.2) is 32.4 Å². The van der Waals surface area contributed by atoms with Crippen molar-refractivity contribution in [3.63, 3.8) is 0 Å². The molecule has 3 rings (SSSR count). The first-order valence-electron chi connectivity index (χ1n) is 7.09. The third-order valence-corrected chi connectivity index (χ3v) is 4.44. The topological polar surface area (TPSA) is 43.4 Å². The van der Waals surface area contributed by atoms with Gasteiger partial charge < -0.3 is 14.8 Å². The quantitative estimate of drug-likeness (QED) is 0.698. The zero-order chi connectivity index (χ0) is 15.4. The molecule has 0 radical (unpaired) electrons. The van der Waals surface area contributed by atoms with Crippen LogP contribution in [-0.2, 0) is 4.74 Å². The van der Waals surface area contributed by atoms with Gasteiger partial charge in [-0.1, -0.05) is 41.7 Å². The van der Waals surface area contributed by atoms with Gasteiger partial charge in [0.25, 0.3) is 0 Å². The van der Waals surface area contributed by atoms with E-state index in [1.807, 2.05) is 24.3 Å². The largest absolute Gasteiger partial charge is 0.494 e. The number of nitrogens with one attached hydrogen (secondary N) is 1. The number of benzene rings is 2. The number of anilines is 1. The summed E-state index contributed by atoms with van der Waals surface area (Å²) in [5.41, 5.74) is 3.25. The first-order valence-corrected chi connectivity index (χ1v) is 7.91. The van der Waals surface area contributed by atoms with Gasteiger partial charge in [0.1, 0.15) is 11.3 Å². The summed E-state index contributed by atoms with van der Waals surface area (Å²) in [6.45, 7) is 1.39. The Bertz CT molecular complexity index is 756. The second kappa shape index (κ2) is 6.77. The van der Waals surface area contributed by atoms with Crippen LogP contribution in [0.3, 0.4) is 0 Å². The minimum atomic E-state index is 0.651. The lowest BCUT2D eigenvalue weighted by atomic mass is 10.1. The molecule has 0 aliphatic heterocycles. The number of nitrogens with zero attached hydrogens (tertiary/aromatic N) is 1. The number of ether oxygens (including phenoxy) is 2. The molecule has 0 bridgehead atoms. The molecule has 0 amide bonds. The smallest absolute Gasteiger partial charge is 0.184 e. The van der Waals surface area contributed by atoms with Crippen molar-refractivity contribution >= 4 is 26.7 Å². The van der Waals surface area contributed by atoms with E-state index in [4.69, 9.17) is 9.47 Å². The van der Waals surface area contributed by atoms with E-state index in [0.717, 1.165) is 27.6 Å². The van der Waals surface area contributed by atoms with Crippen molar-refractivity contribution in [2.75, 3.05) is 32.7 Å². The van der Waals surface area contributed by atoms with Crippen molar-refractivity contribution in [1.29, 1.82) is 0 Å². The molecule has 1 N–H and O–H groups in total. The fourth-order valence-electron chi connectivity index (χ4n) is 2.33. The van der Waals surface area contributed by atoms with Crippen LogP contribution in [0, 0.1) is 0 Å². The highest BCUT2D eigenvalue weighted by atomic mass is 32.1. The Hall–Kier alpha value is -2.11. The van der Waals surface area contributed by atoms with Crippen LogP contribution in [0.1, 0.15) is 0 Å². The summed E-state index contributed by atoms with van der Waals surface area (Å²) in [7, 11) is 3.37. The average molecular weight is 314 g/mol. The Labute approximate surface area is 133 Å². The Kier molecular flexibility index (Phi) is 4.56. The van der Waals surface area contributed by atoms with Gasteiger partial charge in [-0.25, -0.2) is 4.98 Å². The van der Waals surface area contributed by atoms with E-state index >= 15 is 0 Å². The van der Waals surface area contributed by atoms with Crippen LogP contribution < -0.4 is 10.1 Å². The maximum atomic E-state index is 5.45. The molecule has 0 spiro atoms. The Balaban J connectivity index is 2.06. The van der Waals surface area contributed by atoms with Gasteiger partial charge in [0, 0.05) is 19.2 Å². The highest BCUT2D eigenvalue weighted by Crippen LogP contribution is 2.39. The van der Waals surface area contributed by atoms with Gasteiger partial charge in [-0.05, 0) is 17.7 Å². The fourth-order valence-corrected chi connectivity index (χ4v) is 3.37. The van der Waals surface area contributed by atoms with Gasteiger partial charge in [-0.3, -0.25) is 0 Å². The number of rotatable bonds is 6. The molecule has 22 heavy (non-hydrogen) atoms. The van der Waals surface area contributed by atoms with Gasteiger partial charge in [-0.2, -0.15) is 0 Å². The summed E-state index contributed by atoms with van der Waals surface area (Å²) < 4.78 is 11.6. The average Bonchev–Trinajstić information content (AvgIpc) is 2.99. The Morgan fingerprint density at radius 3 is 2.64 bits per heavy atom. The van der Waals surface area contributed by atoms with Gasteiger partial charge in [0.15, 0.2) is 5.13 Å². The number of hydrogen-bond acceptors (Lipinski definition) is 5. The molecule has 0 unspecified atom stereocenters. The van der Waals surface area contributed by atoms with Crippen molar-refractivity contribution in [3.05, 3.63) is 42.5 Å². The molecule has 0 saturated heterocycles. The molecule has 0 aliphatic carbocycles. The molecule has 0 aliphatic rings. The minimum absolute atomic E-state index is 0.651. The molecule has 0 saturated carbocycles. The first kappa shape index (κ1) is 14.8. The van der Waals surface area contributed by atoms with Crippen LogP contribution in [0.5, 0.6) is 5.75 Å². The Morgan fingerprint density at radius 2 is 1.91 bits per heavy atom. The van der Waals surface area contributed by atoms with E-state index in [9.17, 15) is 0 Å². The summed E-state index contributed by atoms with van der Waals surface area (Å²) in [5.74, 6) is 0.797. The molecule has 114 valence electrons. The number of thiazole rings is 1. The van der Waals surface area contributed by atoms with E-state index in [-0.39, 0.29) is 0 Å². The summed E-state index contributed by atoms with van der Waals surface area (Å²) in [6.07, 6.45) is 0. The second-order valence-corrected chi connectivity index (χ2v) is 5.80. The van der Waals surface area contributed by atoms with Crippen molar-refractivity contribution in [3.8, 4) is 16.9 Å². The van der Waals surface area contributed by atoms with E-state index < -0.39 is 0 Å². The highest BCUT2D eigenvalue weighted by molar-refractivity contribution is 7.22. The number of hydrogen-bond donors (Lipinski definition) is 1. The second-order valence-electron chi connectivity index (χ2n) is 4.80. The van der Waals surface area contributed by atoms with Gasteiger partial charge in [-0.15, -0.1) is 0 Å². The molecule has 5 heteroatoms. The van der Waals surface area contributed by atoms with Crippen molar-refractivity contribution < 1.29 is 9.47 Å². The third kappa shape index (κ3) is 2.91. The van der Waals surface area contributed by atoms with E-state index in [1.54, 1.807) is 25.6 Å². The molecule has 0 atom stereocenters. The summed E-state index contributed by atoms with van der Waals surface area (Å²) in [6, 6.07) is 14.4. The zero-order valence-electron chi connectivity index (χ0n) is 12.6. The lowest BCUT2D eigenvalue weighted by Gasteiger charge is -2.05. The maximum absolute atomic E-state index is 5.45. The van der Waals surface area contributed by atoms with Crippen molar-refractivity contribution in [1.82, 2.24) is 4.98 Å². The minimum Gasteiger partial charge on any atom is -0.494 e. The normalized spacial score (nSPS) is 10.8. The van der Waals surface area contributed by atoms with Crippen LogP contribution in [0.15, 0.2) is 42.5 Å². The maximum Gasteiger partial charge on any atom is 0.184 e. The first-order chi connectivity index (χ1) is 10.8. The van der Waals surface area contributed by atoms with Gasteiger partial charge in [0.2, 0.25) is 0 Å². The van der Waals surface area contributed by atoms with Gasteiger partial charge in [0.05, 0.1) is 18.4 Å².